The summed E-state index contributed by atoms with van der Waals surface area (Å²) in [5, 5.41) is 4.22. The summed E-state index contributed by atoms with van der Waals surface area (Å²) in [6.07, 6.45) is -2.97. The van der Waals surface area contributed by atoms with Crippen molar-refractivity contribution in [3.8, 4) is 5.88 Å². The van der Waals surface area contributed by atoms with Gasteiger partial charge in [0.05, 0.1) is 6.33 Å². The molecular weight excluding hydrogens is 451 g/mol. The number of benzene rings is 2. The molecule has 176 valence electrons. The Labute approximate surface area is 191 Å². The highest BCUT2D eigenvalue weighted by atomic mass is 19.4. The molecular formula is C22H20F3N7O2. The second-order valence-corrected chi connectivity index (χ2v) is 7.32. The van der Waals surface area contributed by atoms with E-state index in [0.29, 0.717) is 28.2 Å². The van der Waals surface area contributed by atoms with Crippen molar-refractivity contribution in [3.63, 3.8) is 0 Å². The van der Waals surface area contributed by atoms with Gasteiger partial charge in [-0.25, -0.2) is 10.3 Å². The largest absolute Gasteiger partial charge is 0.471 e. The average Bonchev–Trinajstić information content (AvgIpc) is 3.29. The lowest BCUT2D eigenvalue weighted by Crippen LogP contribution is -2.30. The number of nitrogens with zero attached hydrogens (tertiary/aromatic N) is 3. The van der Waals surface area contributed by atoms with Crippen LogP contribution in [0.1, 0.15) is 27.0 Å². The molecule has 0 radical (unpaired) electrons. The van der Waals surface area contributed by atoms with Gasteiger partial charge in [-0.15, -0.1) is 0 Å². The standard InChI is InChI=1S/C22H20F3N7O2/c23-22(24,25)30-10-14-5-7-16(8-6-14)19(33)27-9-13-1-3-15(4-2-13)11-34-20-17-18(29-12-28-17)31-21(26)32-20/h1-8,12,30H,9-11H2,(H,27,33)(H3,26,28,29,31,32). The first kappa shape index (κ1) is 23.0. The van der Waals surface area contributed by atoms with Gasteiger partial charge in [0.25, 0.3) is 5.91 Å². The van der Waals surface area contributed by atoms with Gasteiger partial charge in [0.1, 0.15) is 12.1 Å². The van der Waals surface area contributed by atoms with Gasteiger partial charge in [-0.1, -0.05) is 36.4 Å². The zero-order valence-electron chi connectivity index (χ0n) is 17.7. The normalized spacial score (nSPS) is 11.5. The van der Waals surface area contributed by atoms with Gasteiger partial charge >= 0.3 is 6.30 Å². The molecule has 2 aromatic heterocycles. The molecule has 0 saturated carbocycles. The van der Waals surface area contributed by atoms with Gasteiger partial charge in [-0.3, -0.25) is 4.79 Å². The van der Waals surface area contributed by atoms with E-state index < -0.39 is 6.30 Å². The number of carbonyl (C=O) groups is 1. The summed E-state index contributed by atoms with van der Waals surface area (Å²) in [6, 6.07) is 13.3. The number of rotatable bonds is 8. The van der Waals surface area contributed by atoms with Crippen LogP contribution in [0.15, 0.2) is 54.9 Å². The molecule has 0 aliphatic carbocycles. The molecule has 4 rings (SSSR count). The van der Waals surface area contributed by atoms with Crippen molar-refractivity contribution < 1.29 is 22.7 Å². The predicted molar refractivity (Wildman–Crippen MR) is 117 cm³/mol. The van der Waals surface area contributed by atoms with Gasteiger partial charge in [0.15, 0.2) is 5.65 Å². The molecule has 2 aromatic carbocycles. The lowest BCUT2D eigenvalue weighted by molar-refractivity contribution is -0.158. The van der Waals surface area contributed by atoms with Crippen LogP contribution in [0.2, 0.25) is 0 Å². The van der Waals surface area contributed by atoms with E-state index in [1.54, 1.807) is 0 Å². The SMILES string of the molecule is Nc1nc(OCc2ccc(CNC(=O)c3ccc(CNC(F)(F)F)cc3)cc2)c2[nH]cnc2n1. The van der Waals surface area contributed by atoms with E-state index in [4.69, 9.17) is 10.5 Å². The first-order valence-corrected chi connectivity index (χ1v) is 10.1. The Morgan fingerprint density at radius 1 is 0.971 bits per heavy atom. The summed E-state index contributed by atoms with van der Waals surface area (Å²) in [4.78, 5) is 27.4. The van der Waals surface area contributed by atoms with Gasteiger partial charge in [0, 0.05) is 18.7 Å². The van der Waals surface area contributed by atoms with Gasteiger partial charge < -0.3 is 20.8 Å². The van der Waals surface area contributed by atoms with E-state index in [1.165, 1.54) is 35.9 Å². The molecule has 0 atom stereocenters. The molecule has 5 N–H and O–H groups in total. The van der Waals surface area contributed by atoms with E-state index in [-0.39, 0.29) is 31.6 Å². The van der Waals surface area contributed by atoms with Crippen LogP contribution >= 0.6 is 0 Å². The number of halogens is 3. The number of carbonyl (C=O) groups excluding carboxylic acids is 1. The van der Waals surface area contributed by atoms with Crippen LogP contribution in [0.4, 0.5) is 19.1 Å². The summed E-state index contributed by atoms with van der Waals surface area (Å²) in [7, 11) is 0. The van der Waals surface area contributed by atoms with E-state index in [0.717, 1.165) is 11.1 Å². The molecule has 0 aliphatic heterocycles. The quantitative estimate of drug-likeness (QED) is 0.291. The lowest BCUT2D eigenvalue weighted by Gasteiger charge is -2.10. The fourth-order valence-electron chi connectivity index (χ4n) is 3.09. The van der Waals surface area contributed by atoms with Crippen LogP contribution in [0.5, 0.6) is 5.88 Å². The number of nitrogen functional groups attached to an aromatic ring is 1. The Bertz CT molecular complexity index is 1270. The number of ether oxygens (including phenoxy) is 1. The summed E-state index contributed by atoms with van der Waals surface area (Å²) in [5.74, 6) is 0.0394. The van der Waals surface area contributed by atoms with Crippen molar-refractivity contribution in [2.45, 2.75) is 26.0 Å². The maximum absolute atomic E-state index is 12.3. The van der Waals surface area contributed by atoms with Crippen LogP contribution in [0, 0.1) is 0 Å². The van der Waals surface area contributed by atoms with Crippen LogP contribution in [-0.4, -0.2) is 32.1 Å². The molecule has 12 heteroatoms. The van der Waals surface area contributed by atoms with Crippen molar-refractivity contribution in [2.75, 3.05) is 5.73 Å². The van der Waals surface area contributed by atoms with Gasteiger partial charge in [0.2, 0.25) is 11.8 Å². The number of aromatic amines is 1. The molecule has 2 heterocycles. The minimum absolute atomic E-state index is 0.0632. The van der Waals surface area contributed by atoms with Crippen LogP contribution in [-0.2, 0) is 19.7 Å². The van der Waals surface area contributed by atoms with E-state index >= 15 is 0 Å². The minimum Gasteiger partial charge on any atom is -0.471 e. The monoisotopic (exact) mass is 471 g/mol. The topological polar surface area (TPSA) is 131 Å². The number of hydrogen-bond acceptors (Lipinski definition) is 7. The lowest BCUT2D eigenvalue weighted by atomic mass is 10.1. The number of imidazole rings is 1. The third kappa shape index (κ3) is 5.98. The van der Waals surface area contributed by atoms with Crippen molar-refractivity contribution in [3.05, 3.63) is 77.1 Å². The van der Waals surface area contributed by atoms with E-state index in [1.807, 2.05) is 24.3 Å². The Kier molecular flexibility index (Phi) is 6.59. The molecule has 0 saturated heterocycles. The number of nitrogens with two attached hydrogens (primary N) is 1. The zero-order valence-corrected chi connectivity index (χ0v) is 17.7. The zero-order chi connectivity index (χ0) is 24.1. The Morgan fingerprint density at radius 2 is 1.62 bits per heavy atom. The second-order valence-electron chi connectivity index (χ2n) is 7.32. The predicted octanol–water partition coefficient (Wildman–Crippen LogP) is 3.05. The van der Waals surface area contributed by atoms with Crippen molar-refractivity contribution >= 4 is 23.0 Å². The molecule has 34 heavy (non-hydrogen) atoms. The number of H-pyrrole nitrogens is 1. The number of anilines is 1. The molecule has 9 nitrogen and oxygen atoms in total. The van der Waals surface area contributed by atoms with Crippen LogP contribution in [0.3, 0.4) is 0 Å². The fourth-order valence-corrected chi connectivity index (χ4v) is 3.09. The van der Waals surface area contributed by atoms with Gasteiger partial charge in [-0.05, 0) is 28.8 Å². The van der Waals surface area contributed by atoms with Crippen molar-refractivity contribution in [2.24, 2.45) is 0 Å². The van der Waals surface area contributed by atoms with Crippen molar-refractivity contribution in [1.29, 1.82) is 0 Å². The van der Waals surface area contributed by atoms with Crippen molar-refractivity contribution in [1.82, 2.24) is 30.6 Å². The highest BCUT2D eigenvalue weighted by molar-refractivity contribution is 5.94. The number of nitrogens with one attached hydrogen (secondary N) is 3. The summed E-state index contributed by atoms with van der Waals surface area (Å²) < 4.78 is 42.4. The summed E-state index contributed by atoms with van der Waals surface area (Å²) in [6.45, 7) is 0.167. The first-order valence-electron chi connectivity index (χ1n) is 10.1. The Hall–Kier alpha value is -4.19. The van der Waals surface area contributed by atoms with Gasteiger partial charge in [-0.2, -0.15) is 23.1 Å². The molecule has 1 amide bonds. The smallest absolute Gasteiger partial charge is 0.457 e. The molecule has 0 unspecified atom stereocenters. The number of alkyl halides is 3. The maximum atomic E-state index is 12.3. The third-order valence-electron chi connectivity index (χ3n) is 4.83. The molecule has 0 spiro atoms. The number of fused-ring (bicyclic) bond motifs is 1. The Morgan fingerprint density at radius 3 is 2.32 bits per heavy atom. The highest BCUT2D eigenvalue weighted by Gasteiger charge is 2.25. The minimum atomic E-state index is -4.45. The number of hydrogen-bond donors (Lipinski definition) is 4. The molecule has 0 aliphatic rings. The molecule has 4 aromatic rings. The molecule has 0 bridgehead atoms. The second kappa shape index (κ2) is 9.75. The molecule has 0 fully saturated rings. The average molecular weight is 471 g/mol. The van der Waals surface area contributed by atoms with Crippen LogP contribution < -0.4 is 21.1 Å². The fraction of sp³-hybridized carbons (Fsp3) is 0.182. The number of amides is 1. The van der Waals surface area contributed by atoms with Crippen LogP contribution in [0.25, 0.3) is 11.2 Å². The highest BCUT2D eigenvalue weighted by Crippen LogP contribution is 2.21. The maximum Gasteiger partial charge on any atom is 0.457 e. The number of aromatic nitrogens is 4. The summed E-state index contributed by atoms with van der Waals surface area (Å²) >= 11 is 0. The third-order valence-corrected chi connectivity index (χ3v) is 4.83. The Balaban J connectivity index is 1.28. The van der Waals surface area contributed by atoms with E-state index in [2.05, 4.69) is 25.3 Å². The first-order chi connectivity index (χ1) is 16.3. The summed E-state index contributed by atoms with van der Waals surface area (Å²) in [5.41, 5.74) is 9.17. The van der Waals surface area contributed by atoms with E-state index in [9.17, 15) is 18.0 Å².